The number of benzene rings is 1. The van der Waals surface area contributed by atoms with Crippen LogP contribution < -0.4 is 5.73 Å². The number of nitrogen functional groups attached to an aromatic ring is 1. The molecule has 0 radical (unpaired) electrons. The summed E-state index contributed by atoms with van der Waals surface area (Å²) < 4.78 is 5.19. The van der Waals surface area contributed by atoms with E-state index in [1.165, 1.54) is 0 Å². The van der Waals surface area contributed by atoms with Gasteiger partial charge in [0.2, 0.25) is 0 Å². The maximum Gasteiger partial charge on any atom is 0.172 e. The highest BCUT2D eigenvalue weighted by Gasteiger charge is 2.06. The van der Waals surface area contributed by atoms with Gasteiger partial charge in [-0.15, -0.1) is 11.8 Å². The lowest BCUT2D eigenvalue weighted by atomic mass is 10.1. The highest BCUT2D eigenvalue weighted by molar-refractivity contribution is 7.99. The van der Waals surface area contributed by atoms with Crippen molar-refractivity contribution in [1.82, 2.24) is 0 Å². The molecule has 0 fully saturated rings. The van der Waals surface area contributed by atoms with Crippen LogP contribution in [0.2, 0.25) is 0 Å². The summed E-state index contributed by atoms with van der Waals surface area (Å²) in [5.41, 5.74) is 6.93. The van der Waals surface area contributed by atoms with E-state index in [-0.39, 0.29) is 5.78 Å². The summed E-state index contributed by atoms with van der Waals surface area (Å²) >= 11 is 1.54. The number of furan rings is 1. The normalized spacial score (nSPS) is 10.4. The van der Waals surface area contributed by atoms with Gasteiger partial charge in [0.15, 0.2) is 5.78 Å². The fourth-order valence-corrected chi connectivity index (χ4v) is 2.21. The minimum absolute atomic E-state index is 0.113. The van der Waals surface area contributed by atoms with E-state index >= 15 is 0 Å². The van der Waals surface area contributed by atoms with Gasteiger partial charge >= 0.3 is 0 Å². The van der Waals surface area contributed by atoms with Crippen molar-refractivity contribution < 1.29 is 9.21 Å². The zero-order valence-electron chi connectivity index (χ0n) is 9.26. The Morgan fingerprint density at radius 3 is 2.65 bits per heavy atom. The van der Waals surface area contributed by atoms with Crippen LogP contribution >= 0.6 is 11.8 Å². The number of carbonyl (C=O) groups is 1. The lowest BCUT2D eigenvalue weighted by Gasteiger charge is -2.01. The molecule has 0 aliphatic carbocycles. The van der Waals surface area contributed by atoms with Gasteiger partial charge in [0.05, 0.1) is 17.8 Å². The lowest BCUT2D eigenvalue weighted by Crippen LogP contribution is -2.02. The highest BCUT2D eigenvalue weighted by Crippen LogP contribution is 2.15. The van der Waals surface area contributed by atoms with Crippen LogP contribution in [-0.2, 0) is 5.75 Å². The molecule has 88 valence electrons. The molecular weight excluding hydrogens is 234 g/mol. The second-order valence-corrected chi connectivity index (χ2v) is 4.60. The molecule has 3 nitrogen and oxygen atoms in total. The quantitative estimate of drug-likeness (QED) is 0.652. The van der Waals surface area contributed by atoms with Crippen LogP contribution in [0.25, 0.3) is 0 Å². The largest absolute Gasteiger partial charge is 0.468 e. The molecule has 0 saturated heterocycles. The molecule has 1 heterocycles. The van der Waals surface area contributed by atoms with Crippen LogP contribution in [-0.4, -0.2) is 11.5 Å². The number of thioether (sulfide) groups is 1. The Kier molecular flexibility index (Phi) is 3.88. The third kappa shape index (κ3) is 3.39. The van der Waals surface area contributed by atoms with E-state index in [0.717, 1.165) is 5.76 Å². The van der Waals surface area contributed by atoms with Crippen molar-refractivity contribution in [2.45, 2.75) is 5.75 Å². The Bertz CT molecular complexity index is 477. The SMILES string of the molecule is Nc1ccc(C(=O)CSCc2ccco2)cc1. The molecule has 1 aromatic heterocycles. The Morgan fingerprint density at radius 1 is 1.24 bits per heavy atom. The summed E-state index contributed by atoms with van der Waals surface area (Å²) in [6, 6.07) is 10.7. The second kappa shape index (κ2) is 5.59. The van der Waals surface area contributed by atoms with Gasteiger partial charge in [-0.05, 0) is 36.4 Å². The molecule has 0 amide bonds. The van der Waals surface area contributed by atoms with E-state index in [2.05, 4.69) is 0 Å². The molecule has 17 heavy (non-hydrogen) atoms. The van der Waals surface area contributed by atoms with E-state index in [9.17, 15) is 4.79 Å². The van der Waals surface area contributed by atoms with Gasteiger partial charge in [-0.1, -0.05) is 0 Å². The Hall–Kier alpha value is -1.68. The Morgan fingerprint density at radius 2 is 2.00 bits per heavy atom. The van der Waals surface area contributed by atoms with Crippen LogP contribution in [0.1, 0.15) is 16.1 Å². The van der Waals surface area contributed by atoms with Crippen LogP contribution in [0, 0.1) is 0 Å². The van der Waals surface area contributed by atoms with Gasteiger partial charge in [-0.2, -0.15) is 0 Å². The zero-order valence-corrected chi connectivity index (χ0v) is 10.1. The fourth-order valence-electron chi connectivity index (χ4n) is 1.39. The van der Waals surface area contributed by atoms with Crippen LogP contribution in [0.5, 0.6) is 0 Å². The number of carbonyl (C=O) groups excluding carboxylic acids is 1. The third-order valence-corrected chi connectivity index (χ3v) is 3.25. The van der Waals surface area contributed by atoms with Crippen molar-refractivity contribution >= 4 is 23.2 Å². The van der Waals surface area contributed by atoms with Gasteiger partial charge < -0.3 is 10.2 Å². The number of hydrogen-bond acceptors (Lipinski definition) is 4. The van der Waals surface area contributed by atoms with Crippen LogP contribution in [0.3, 0.4) is 0 Å². The Labute approximate surface area is 104 Å². The first-order valence-electron chi connectivity index (χ1n) is 5.24. The molecule has 2 aromatic rings. The number of rotatable bonds is 5. The van der Waals surface area contributed by atoms with Gasteiger partial charge in [0.1, 0.15) is 5.76 Å². The number of nitrogens with two attached hydrogens (primary N) is 1. The zero-order chi connectivity index (χ0) is 12.1. The predicted molar refractivity (Wildman–Crippen MR) is 70.1 cm³/mol. The first-order valence-corrected chi connectivity index (χ1v) is 6.40. The molecule has 0 atom stereocenters. The van der Waals surface area contributed by atoms with Gasteiger partial charge in [-0.3, -0.25) is 4.79 Å². The van der Waals surface area contributed by atoms with Gasteiger partial charge in [0.25, 0.3) is 0 Å². The average molecular weight is 247 g/mol. The predicted octanol–water partition coefficient (Wildman–Crippen LogP) is 2.98. The number of ketones is 1. The van der Waals surface area contributed by atoms with Crippen LogP contribution in [0.15, 0.2) is 47.1 Å². The number of Topliss-reactive ketones (excluding diaryl/α,β-unsaturated/α-hetero) is 1. The molecule has 2 N–H and O–H groups in total. The molecular formula is C13H13NO2S. The molecule has 1 aromatic carbocycles. The number of hydrogen-bond donors (Lipinski definition) is 1. The van der Waals surface area contributed by atoms with E-state index in [4.69, 9.17) is 10.2 Å². The van der Waals surface area contributed by atoms with Crippen molar-refractivity contribution in [2.75, 3.05) is 11.5 Å². The van der Waals surface area contributed by atoms with Crippen molar-refractivity contribution in [3.8, 4) is 0 Å². The average Bonchev–Trinajstić information content (AvgIpc) is 2.83. The summed E-state index contributed by atoms with van der Waals surface area (Å²) in [5, 5.41) is 0. The van der Waals surface area contributed by atoms with E-state index in [1.807, 2.05) is 12.1 Å². The van der Waals surface area contributed by atoms with E-state index in [0.29, 0.717) is 22.8 Å². The van der Waals surface area contributed by atoms with Gasteiger partial charge in [0, 0.05) is 11.3 Å². The van der Waals surface area contributed by atoms with Crippen molar-refractivity contribution in [3.05, 3.63) is 54.0 Å². The molecule has 0 bridgehead atoms. The molecule has 0 aliphatic heterocycles. The van der Waals surface area contributed by atoms with E-state index < -0.39 is 0 Å². The summed E-state index contributed by atoms with van der Waals surface area (Å²) in [5.74, 6) is 2.17. The summed E-state index contributed by atoms with van der Waals surface area (Å²) in [6.45, 7) is 0. The monoisotopic (exact) mass is 247 g/mol. The second-order valence-electron chi connectivity index (χ2n) is 3.62. The minimum atomic E-state index is 0.113. The smallest absolute Gasteiger partial charge is 0.172 e. The van der Waals surface area contributed by atoms with Crippen molar-refractivity contribution in [2.24, 2.45) is 0 Å². The standard InChI is InChI=1S/C13H13NO2S/c14-11-5-3-10(4-6-11)13(15)9-17-8-12-2-1-7-16-12/h1-7H,8-9,14H2. The molecule has 0 saturated carbocycles. The summed E-state index contributed by atoms with van der Waals surface area (Å²) in [4.78, 5) is 11.8. The summed E-state index contributed by atoms with van der Waals surface area (Å²) in [6.07, 6.45) is 1.64. The summed E-state index contributed by atoms with van der Waals surface area (Å²) in [7, 11) is 0. The molecule has 0 unspecified atom stereocenters. The third-order valence-electron chi connectivity index (χ3n) is 2.29. The lowest BCUT2D eigenvalue weighted by molar-refractivity contribution is 0.102. The molecule has 0 aliphatic rings. The fraction of sp³-hybridized carbons (Fsp3) is 0.154. The maximum absolute atomic E-state index is 11.8. The van der Waals surface area contributed by atoms with Crippen molar-refractivity contribution in [3.63, 3.8) is 0 Å². The van der Waals surface area contributed by atoms with Gasteiger partial charge in [-0.25, -0.2) is 0 Å². The highest BCUT2D eigenvalue weighted by atomic mass is 32.2. The topological polar surface area (TPSA) is 56.2 Å². The minimum Gasteiger partial charge on any atom is -0.468 e. The maximum atomic E-state index is 11.8. The molecule has 0 spiro atoms. The number of anilines is 1. The Balaban J connectivity index is 1.83. The molecule has 4 heteroatoms. The first-order chi connectivity index (χ1) is 8.25. The first kappa shape index (κ1) is 11.8. The van der Waals surface area contributed by atoms with E-state index in [1.54, 1.807) is 42.3 Å². The van der Waals surface area contributed by atoms with Crippen LogP contribution in [0.4, 0.5) is 5.69 Å². The van der Waals surface area contributed by atoms with Crippen molar-refractivity contribution in [1.29, 1.82) is 0 Å². The molecule has 2 rings (SSSR count).